The van der Waals surface area contributed by atoms with Gasteiger partial charge in [0.15, 0.2) is 0 Å². The molecule has 0 saturated heterocycles. The largest absolute Gasteiger partial charge is 0.310 e. The summed E-state index contributed by atoms with van der Waals surface area (Å²) in [5, 5.41) is 0. The van der Waals surface area contributed by atoms with E-state index >= 15 is 0 Å². The molecule has 3 nitrogen and oxygen atoms in total. The van der Waals surface area contributed by atoms with E-state index in [4.69, 9.17) is 0 Å². The molecule has 0 aliphatic carbocycles. The van der Waals surface area contributed by atoms with Crippen molar-refractivity contribution in [2.45, 2.75) is 32.9 Å². The molecule has 0 spiro atoms. The van der Waals surface area contributed by atoms with Crippen molar-refractivity contribution in [3.63, 3.8) is 0 Å². The van der Waals surface area contributed by atoms with E-state index in [-0.39, 0.29) is 5.56 Å². The number of hydrogen-bond acceptors (Lipinski definition) is 3. The first-order valence-electron chi connectivity index (χ1n) is 5.28. The molecule has 1 aromatic heterocycles. The summed E-state index contributed by atoms with van der Waals surface area (Å²) >= 11 is 1.76. The predicted octanol–water partition coefficient (Wildman–Crippen LogP) is 2.22. The number of hydrogen-bond donors (Lipinski definition) is 1. The number of rotatable bonds is 5. The van der Waals surface area contributed by atoms with E-state index in [1.54, 1.807) is 17.8 Å². The van der Waals surface area contributed by atoms with Crippen LogP contribution < -0.4 is 5.56 Å². The highest BCUT2D eigenvalue weighted by Gasteiger charge is 2.03. The van der Waals surface area contributed by atoms with Crippen LogP contribution in [0.5, 0.6) is 0 Å². The number of nitrogens with zero attached hydrogens (tertiary/aromatic N) is 1. The van der Waals surface area contributed by atoms with Gasteiger partial charge in [0.25, 0.3) is 5.56 Å². The van der Waals surface area contributed by atoms with Crippen LogP contribution in [0.2, 0.25) is 0 Å². The van der Waals surface area contributed by atoms with Crippen LogP contribution in [0.4, 0.5) is 0 Å². The van der Waals surface area contributed by atoms with E-state index in [1.807, 2.05) is 0 Å². The lowest BCUT2D eigenvalue weighted by molar-refractivity contribution is 0.630. The summed E-state index contributed by atoms with van der Waals surface area (Å²) < 4.78 is 0. The summed E-state index contributed by atoms with van der Waals surface area (Å²) in [5.74, 6) is 3.16. The van der Waals surface area contributed by atoms with Crippen molar-refractivity contribution in [1.82, 2.24) is 9.97 Å². The molecule has 1 N–H and O–H groups in total. The molecule has 0 radical (unpaired) electrons. The Hall–Kier alpha value is -0.770. The molecule has 4 heteroatoms. The van der Waals surface area contributed by atoms with E-state index in [9.17, 15) is 4.79 Å². The molecule has 0 aliphatic rings. The summed E-state index contributed by atoms with van der Waals surface area (Å²) in [6, 6.07) is 1.60. The molecule has 84 valence electrons. The number of H-pyrrole nitrogens is 1. The Labute approximate surface area is 94.7 Å². The first kappa shape index (κ1) is 12.3. The second-order valence-corrected chi connectivity index (χ2v) is 5.19. The first-order valence-corrected chi connectivity index (χ1v) is 6.44. The molecule has 0 aromatic carbocycles. The minimum absolute atomic E-state index is 0.0349. The predicted molar refractivity (Wildman–Crippen MR) is 65.2 cm³/mol. The highest BCUT2D eigenvalue weighted by Crippen LogP contribution is 2.08. The van der Waals surface area contributed by atoms with Crippen LogP contribution in [0.3, 0.4) is 0 Å². The van der Waals surface area contributed by atoms with Crippen molar-refractivity contribution in [2.24, 2.45) is 5.92 Å². The van der Waals surface area contributed by atoms with Gasteiger partial charge in [-0.15, -0.1) is 0 Å². The van der Waals surface area contributed by atoms with E-state index in [2.05, 4.69) is 30.7 Å². The van der Waals surface area contributed by atoms with Crippen molar-refractivity contribution < 1.29 is 0 Å². The Bertz CT molecular complexity index is 360. The molecule has 0 atom stereocenters. The van der Waals surface area contributed by atoms with Gasteiger partial charge in [0, 0.05) is 11.8 Å². The minimum Gasteiger partial charge on any atom is -0.310 e. The molecule has 15 heavy (non-hydrogen) atoms. The lowest BCUT2D eigenvalue weighted by atomic mass is 10.1. The molecule has 1 aromatic rings. The average Bonchev–Trinajstić information content (AvgIpc) is 2.12. The molecule has 1 heterocycles. The van der Waals surface area contributed by atoms with Gasteiger partial charge in [0.1, 0.15) is 5.82 Å². The van der Waals surface area contributed by atoms with Crippen LogP contribution in [-0.2, 0) is 12.2 Å². The summed E-state index contributed by atoms with van der Waals surface area (Å²) in [7, 11) is 0. The second kappa shape index (κ2) is 5.95. The maximum Gasteiger partial charge on any atom is 0.251 e. The number of nitrogens with one attached hydrogen (secondary N) is 1. The number of aromatic amines is 1. The fourth-order valence-corrected chi connectivity index (χ4v) is 1.89. The fourth-order valence-electron chi connectivity index (χ4n) is 1.35. The Morgan fingerprint density at radius 1 is 1.53 bits per heavy atom. The Morgan fingerprint density at radius 3 is 2.87 bits per heavy atom. The zero-order chi connectivity index (χ0) is 11.3. The summed E-state index contributed by atoms with van der Waals surface area (Å²) in [4.78, 5) is 18.6. The van der Waals surface area contributed by atoms with Crippen LogP contribution in [0.15, 0.2) is 10.9 Å². The number of aromatic nitrogens is 2. The Kier molecular flexibility index (Phi) is 4.88. The standard InChI is InChI=1S/C11H18N2OS/c1-4-15-7-10-12-9(5-8(2)3)6-11(14)13-10/h6,8H,4-5,7H2,1-3H3,(H,12,13,14). The Balaban J connectivity index is 2.80. The van der Waals surface area contributed by atoms with Gasteiger partial charge < -0.3 is 4.98 Å². The molecule has 0 fully saturated rings. The quantitative estimate of drug-likeness (QED) is 0.837. The second-order valence-electron chi connectivity index (χ2n) is 3.92. The van der Waals surface area contributed by atoms with Crippen molar-refractivity contribution in [3.8, 4) is 0 Å². The maximum absolute atomic E-state index is 11.4. The van der Waals surface area contributed by atoms with Crippen LogP contribution in [0.1, 0.15) is 32.3 Å². The van der Waals surface area contributed by atoms with Gasteiger partial charge in [-0.2, -0.15) is 11.8 Å². The van der Waals surface area contributed by atoms with Crippen LogP contribution in [0, 0.1) is 5.92 Å². The van der Waals surface area contributed by atoms with E-state index in [1.165, 1.54) is 0 Å². The van der Waals surface area contributed by atoms with Gasteiger partial charge in [0.2, 0.25) is 0 Å². The van der Waals surface area contributed by atoms with Crippen LogP contribution in [-0.4, -0.2) is 15.7 Å². The molecule has 0 saturated carbocycles. The van der Waals surface area contributed by atoms with E-state index in [0.717, 1.165) is 29.4 Å². The Morgan fingerprint density at radius 2 is 2.27 bits per heavy atom. The highest BCUT2D eigenvalue weighted by atomic mass is 32.2. The normalized spacial score (nSPS) is 10.9. The van der Waals surface area contributed by atoms with Gasteiger partial charge in [0.05, 0.1) is 5.75 Å². The topological polar surface area (TPSA) is 45.8 Å². The summed E-state index contributed by atoms with van der Waals surface area (Å²) in [6.07, 6.45) is 0.869. The van der Waals surface area contributed by atoms with Crippen molar-refractivity contribution >= 4 is 11.8 Å². The molecular formula is C11H18N2OS. The van der Waals surface area contributed by atoms with Crippen LogP contribution >= 0.6 is 11.8 Å². The minimum atomic E-state index is -0.0349. The monoisotopic (exact) mass is 226 g/mol. The molecular weight excluding hydrogens is 208 g/mol. The lowest BCUT2D eigenvalue weighted by Crippen LogP contribution is -2.13. The third-order valence-corrected chi connectivity index (χ3v) is 2.79. The molecule has 0 aliphatic heterocycles. The van der Waals surface area contributed by atoms with E-state index < -0.39 is 0 Å². The summed E-state index contributed by atoms with van der Waals surface area (Å²) in [5.41, 5.74) is 0.868. The van der Waals surface area contributed by atoms with Gasteiger partial charge in [-0.3, -0.25) is 4.79 Å². The van der Waals surface area contributed by atoms with Gasteiger partial charge in [-0.25, -0.2) is 4.98 Å². The number of thioether (sulfide) groups is 1. The van der Waals surface area contributed by atoms with Gasteiger partial charge in [-0.1, -0.05) is 20.8 Å². The zero-order valence-corrected chi connectivity index (χ0v) is 10.4. The average molecular weight is 226 g/mol. The van der Waals surface area contributed by atoms with E-state index in [0.29, 0.717) is 5.92 Å². The SMILES string of the molecule is CCSCc1nc(CC(C)C)cc(=O)[nH]1. The highest BCUT2D eigenvalue weighted by molar-refractivity contribution is 7.98. The molecule has 0 unspecified atom stereocenters. The van der Waals surface area contributed by atoms with Crippen LogP contribution in [0.25, 0.3) is 0 Å². The third kappa shape index (κ3) is 4.51. The molecule has 0 bridgehead atoms. The fraction of sp³-hybridized carbons (Fsp3) is 0.636. The molecule has 0 amide bonds. The summed E-state index contributed by atoms with van der Waals surface area (Å²) in [6.45, 7) is 6.35. The van der Waals surface area contributed by atoms with Crippen molar-refractivity contribution in [1.29, 1.82) is 0 Å². The van der Waals surface area contributed by atoms with Gasteiger partial charge in [-0.05, 0) is 18.1 Å². The maximum atomic E-state index is 11.4. The third-order valence-electron chi connectivity index (χ3n) is 1.90. The first-order chi connectivity index (χ1) is 7.11. The van der Waals surface area contributed by atoms with Crippen molar-refractivity contribution in [3.05, 3.63) is 27.9 Å². The van der Waals surface area contributed by atoms with Crippen molar-refractivity contribution in [2.75, 3.05) is 5.75 Å². The zero-order valence-electron chi connectivity index (χ0n) is 9.54. The lowest BCUT2D eigenvalue weighted by Gasteiger charge is -2.05. The van der Waals surface area contributed by atoms with Gasteiger partial charge >= 0.3 is 0 Å². The molecule has 1 rings (SSSR count). The smallest absolute Gasteiger partial charge is 0.251 e.